The van der Waals surface area contributed by atoms with Gasteiger partial charge < -0.3 is 0 Å². The van der Waals surface area contributed by atoms with Crippen LogP contribution in [-0.2, 0) is 17.4 Å². The molecule has 0 fully saturated rings. The molecule has 1 nitrogen and oxygen atoms in total. The molecule has 0 saturated carbocycles. The van der Waals surface area contributed by atoms with E-state index in [0.717, 1.165) is 36.8 Å². The third kappa shape index (κ3) is 1.99. The van der Waals surface area contributed by atoms with Crippen LogP contribution in [0.1, 0.15) is 69.2 Å². The monoisotopic (exact) mass is 374 g/mol. The number of aryl methyl sites for hydroxylation is 2. The third-order valence-corrected chi connectivity index (χ3v) is 7.79. The summed E-state index contributed by atoms with van der Waals surface area (Å²) in [6.07, 6.45) is 6.56. The zero-order chi connectivity index (χ0) is 19.8. The van der Waals surface area contributed by atoms with Crippen molar-refractivity contribution in [1.29, 1.82) is 0 Å². The van der Waals surface area contributed by atoms with Crippen LogP contribution in [0.5, 0.6) is 0 Å². The van der Waals surface area contributed by atoms with Crippen molar-refractivity contribution in [2.45, 2.75) is 71.3 Å². The standard InChI is InChI=1S/C26H29FN/c1-6-26(7-2)14-12-17-9-11-20(27)23-21(17)24-22-18(13-15-28(24)26)16(3)8-10-19(22)25(23,4)5/h8-11,13,15H,6-7,12,14H2,1-5H3/q+1. The van der Waals surface area contributed by atoms with Crippen LogP contribution in [-0.4, -0.2) is 0 Å². The maximum Gasteiger partial charge on any atom is 0.221 e. The Kier molecular flexibility index (Phi) is 3.60. The van der Waals surface area contributed by atoms with Crippen molar-refractivity contribution in [3.63, 3.8) is 0 Å². The van der Waals surface area contributed by atoms with Crippen LogP contribution in [0, 0.1) is 12.7 Å². The van der Waals surface area contributed by atoms with Crippen LogP contribution in [0.3, 0.4) is 0 Å². The molecule has 2 heterocycles. The second-order valence-electron chi connectivity index (χ2n) is 9.27. The van der Waals surface area contributed by atoms with Gasteiger partial charge in [-0.2, -0.15) is 4.57 Å². The van der Waals surface area contributed by atoms with Gasteiger partial charge in [0.05, 0.1) is 10.9 Å². The lowest BCUT2D eigenvalue weighted by Crippen LogP contribution is -2.57. The average molecular weight is 375 g/mol. The summed E-state index contributed by atoms with van der Waals surface area (Å²) in [6, 6.07) is 10.5. The Morgan fingerprint density at radius 1 is 1.04 bits per heavy atom. The second-order valence-corrected chi connectivity index (χ2v) is 9.27. The number of pyridine rings is 1. The molecule has 3 aromatic rings. The van der Waals surface area contributed by atoms with Crippen molar-refractivity contribution >= 4 is 10.8 Å². The molecule has 0 atom stereocenters. The molecular formula is C26H29FN+. The van der Waals surface area contributed by atoms with E-state index < -0.39 is 0 Å². The predicted molar refractivity (Wildman–Crippen MR) is 113 cm³/mol. The highest BCUT2D eigenvalue weighted by Crippen LogP contribution is 2.52. The SMILES string of the molecule is CCC1(CC)CCc2ccc(F)c3c2-c2c4c(ccc(C)c4cc[n+]21)C3(C)C. The normalized spacial score (nSPS) is 18.2. The molecule has 0 bridgehead atoms. The molecule has 2 aromatic carbocycles. The molecule has 0 N–H and O–H groups in total. The molecule has 0 radical (unpaired) electrons. The lowest BCUT2D eigenvalue weighted by molar-refractivity contribution is -0.756. The Labute approximate surface area is 167 Å². The summed E-state index contributed by atoms with van der Waals surface area (Å²) in [4.78, 5) is 0. The number of halogens is 1. The first-order chi connectivity index (χ1) is 13.4. The summed E-state index contributed by atoms with van der Waals surface area (Å²) in [5.74, 6) is -0.0703. The van der Waals surface area contributed by atoms with Gasteiger partial charge in [-0.3, -0.25) is 0 Å². The van der Waals surface area contributed by atoms with Crippen molar-refractivity contribution in [2.24, 2.45) is 0 Å². The van der Waals surface area contributed by atoms with Crippen molar-refractivity contribution in [3.05, 3.63) is 64.6 Å². The van der Waals surface area contributed by atoms with Crippen LogP contribution >= 0.6 is 0 Å². The first kappa shape index (κ1) is 17.8. The van der Waals surface area contributed by atoms with Crippen LogP contribution in [0.15, 0.2) is 36.5 Å². The highest BCUT2D eigenvalue weighted by molar-refractivity contribution is 6.02. The maximum absolute atomic E-state index is 15.3. The minimum Gasteiger partial charge on any atom is -0.207 e. The van der Waals surface area contributed by atoms with Gasteiger partial charge >= 0.3 is 0 Å². The van der Waals surface area contributed by atoms with Gasteiger partial charge in [-0.1, -0.05) is 45.9 Å². The zero-order valence-electron chi connectivity index (χ0n) is 17.6. The van der Waals surface area contributed by atoms with Crippen molar-refractivity contribution in [1.82, 2.24) is 0 Å². The fourth-order valence-electron chi connectivity index (χ4n) is 5.98. The smallest absolute Gasteiger partial charge is 0.207 e. The predicted octanol–water partition coefficient (Wildman–Crippen LogP) is 6.34. The van der Waals surface area contributed by atoms with E-state index in [1.165, 1.54) is 33.2 Å². The Morgan fingerprint density at radius 2 is 1.79 bits per heavy atom. The summed E-state index contributed by atoms with van der Waals surface area (Å²) in [6.45, 7) is 11.2. The second kappa shape index (κ2) is 5.65. The molecule has 1 aliphatic carbocycles. The number of nitrogens with zero attached hydrogens (tertiary/aromatic N) is 1. The topological polar surface area (TPSA) is 3.88 Å². The quantitative estimate of drug-likeness (QED) is 0.461. The molecule has 0 spiro atoms. The number of hydrogen-bond acceptors (Lipinski definition) is 0. The molecule has 1 aliphatic heterocycles. The number of rotatable bonds is 2. The van der Waals surface area contributed by atoms with E-state index in [9.17, 15) is 0 Å². The molecule has 28 heavy (non-hydrogen) atoms. The van der Waals surface area contributed by atoms with E-state index in [0.29, 0.717) is 0 Å². The minimum absolute atomic E-state index is 0.0703. The lowest BCUT2D eigenvalue weighted by atomic mass is 9.68. The molecule has 144 valence electrons. The summed E-state index contributed by atoms with van der Waals surface area (Å²) in [7, 11) is 0. The zero-order valence-corrected chi connectivity index (χ0v) is 17.6. The van der Waals surface area contributed by atoms with Crippen LogP contribution in [0.4, 0.5) is 4.39 Å². The van der Waals surface area contributed by atoms with Gasteiger partial charge in [-0.05, 0) is 41.5 Å². The van der Waals surface area contributed by atoms with Gasteiger partial charge in [0.25, 0.3) is 0 Å². The first-order valence-corrected chi connectivity index (χ1v) is 10.7. The third-order valence-electron chi connectivity index (χ3n) is 7.79. The van der Waals surface area contributed by atoms with E-state index in [2.05, 4.69) is 63.6 Å². The Hall–Kier alpha value is -2.22. The average Bonchev–Trinajstić information content (AvgIpc) is 2.82. The van der Waals surface area contributed by atoms with Crippen molar-refractivity contribution in [3.8, 4) is 11.3 Å². The van der Waals surface area contributed by atoms with Crippen molar-refractivity contribution in [2.75, 3.05) is 0 Å². The Bertz CT molecular complexity index is 1140. The van der Waals surface area contributed by atoms with Gasteiger partial charge in [-0.15, -0.1) is 0 Å². The molecule has 0 amide bonds. The number of aromatic nitrogens is 1. The Balaban J connectivity index is 2.09. The fraction of sp³-hybridized carbons (Fsp3) is 0.423. The van der Waals surface area contributed by atoms with E-state index in [4.69, 9.17) is 0 Å². The van der Waals surface area contributed by atoms with Gasteiger partial charge in [0.15, 0.2) is 11.7 Å². The van der Waals surface area contributed by atoms with E-state index in [-0.39, 0.29) is 16.8 Å². The van der Waals surface area contributed by atoms with Crippen molar-refractivity contribution < 1.29 is 8.96 Å². The van der Waals surface area contributed by atoms with Crippen LogP contribution < -0.4 is 4.57 Å². The highest BCUT2D eigenvalue weighted by Gasteiger charge is 2.48. The van der Waals surface area contributed by atoms with E-state index in [1.54, 1.807) is 6.07 Å². The minimum atomic E-state index is -0.348. The summed E-state index contributed by atoms with van der Waals surface area (Å²) >= 11 is 0. The molecular weight excluding hydrogens is 345 g/mol. The van der Waals surface area contributed by atoms with Gasteiger partial charge in [-0.25, -0.2) is 4.39 Å². The molecule has 5 rings (SSSR count). The summed E-state index contributed by atoms with van der Waals surface area (Å²) < 4.78 is 17.9. The number of benzene rings is 2. The maximum atomic E-state index is 15.3. The lowest BCUT2D eigenvalue weighted by Gasteiger charge is -2.35. The molecule has 1 aromatic heterocycles. The molecule has 2 heteroatoms. The largest absolute Gasteiger partial charge is 0.221 e. The van der Waals surface area contributed by atoms with Gasteiger partial charge in [0, 0.05) is 36.3 Å². The number of hydrogen-bond donors (Lipinski definition) is 0. The fourth-order valence-corrected chi connectivity index (χ4v) is 5.98. The van der Waals surface area contributed by atoms with E-state index in [1.807, 2.05) is 6.07 Å². The molecule has 0 saturated heterocycles. The Morgan fingerprint density at radius 3 is 2.50 bits per heavy atom. The molecule has 2 aliphatic rings. The van der Waals surface area contributed by atoms with Gasteiger partial charge in [0.2, 0.25) is 5.69 Å². The molecule has 0 unspecified atom stereocenters. The van der Waals surface area contributed by atoms with Crippen LogP contribution in [0.2, 0.25) is 0 Å². The first-order valence-electron chi connectivity index (χ1n) is 10.7. The van der Waals surface area contributed by atoms with E-state index >= 15 is 4.39 Å². The summed E-state index contributed by atoms with van der Waals surface area (Å²) in [5, 5.41) is 2.64. The summed E-state index contributed by atoms with van der Waals surface area (Å²) in [5.41, 5.74) is 6.88. The highest BCUT2D eigenvalue weighted by atomic mass is 19.1. The van der Waals surface area contributed by atoms with Gasteiger partial charge in [0.1, 0.15) is 5.82 Å². The van der Waals surface area contributed by atoms with Crippen LogP contribution in [0.25, 0.3) is 22.0 Å².